The van der Waals surface area contributed by atoms with Crippen molar-refractivity contribution >= 4 is 34.1 Å². The van der Waals surface area contributed by atoms with Gasteiger partial charge in [0.1, 0.15) is 28.5 Å². The number of para-hydroxylation sites is 1. The molecule has 25 heavy (non-hydrogen) atoms. The zero-order valence-electron chi connectivity index (χ0n) is 13.1. The van der Waals surface area contributed by atoms with Crippen molar-refractivity contribution < 1.29 is 4.74 Å². The summed E-state index contributed by atoms with van der Waals surface area (Å²) < 4.78 is 5.85. The Morgan fingerprint density at radius 1 is 0.840 bits per heavy atom. The van der Waals surface area contributed by atoms with Crippen LogP contribution in [-0.2, 0) is 0 Å². The fourth-order valence-electron chi connectivity index (χ4n) is 2.41. The molecule has 0 unspecified atom stereocenters. The first-order valence-corrected chi connectivity index (χ1v) is 8.03. The lowest BCUT2D eigenvalue weighted by molar-refractivity contribution is 0.483. The summed E-state index contributed by atoms with van der Waals surface area (Å²) >= 11 is 5.99. The monoisotopic (exact) mass is 348 g/mol. The van der Waals surface area contributed by atoms with Crippen LogP contribution in [0.25, 0.3) is 11.0 Å². The Balaban J connectivity index is 1.63. The van der Waals surface area contributed by atoms with Crippen molar-refractivity contribution in [3.8, 4) is 11.5 Å². The van der Waals surface area contributed by atoms with E-state index in [1.54, 1.807) is 6.07 Å². The zero-order chi connectivity index (χ0) is 17.1. The van der Waals surface area contributed by atoms with Crippen LogP contribution in [0.5, 0.6) is 11.5 Å². The molecule has 4 aromatic rings. The summed E-state index contributed by atoms with van der Waals surface area (Å²) in [7, 11) is 0. The third-order valence-electron chi connectivity index (χ3n) is 3.52. The summed E-state index contributed by atoms with van der Waals surface area (Å²) in [6.45, 7) is 0. The van der Waals surface area contributed by atoms with Crippen molar-refractivity contribution in [3.63, 3.8) is 0 Å². The van der Waals surface area contributed by atoms with Crippen LogP contribution in [0.4, 0.5) is 11.5 Å². The first kappa shape index (κ1) is 15.4. The second kappa shape index (κ2) is 6.75. The topological polar surface area (TPSA) is 59.9 Å². The molecule has 0 saturated heterocycles. The smallest absolute Gasteiger partial charge is 0.160 e. The summed E-state index contributed by atoms with van der Waals surface area (Å²) in [5.41, 5.74) is 2.16. The molecular formula is C19H13ClN4O. The van der Waals surface area contributed by atoms with E-state index in [0.717, 1.165) is 22.7 Å². The van der Waals surface area contributed by atoms with Crippen molar-refractivity contribution in [1.82, 2.24) is 15.0 Å². The lowest BCUT2D eigenvalue weighted by Crippen LogP contribution is -1.98. The van der Waals surface area contributed by atoms with Crippen LogP contribution in [0, 0.1) is 0 Å². The maximum absolute atomic E-state index is 5.99. The molecule has 0 spiro atoms. The third-order valence-corrected chi connectivity index (χ3v) is 3.73. The highest BCUT2D eigenvalue weighted by molar-refractivity contribution is 6.29. The molecule has 0 aliphatic rings. The van der Waals surface area contributed by atoms with Gasteiger partial charge in [-0.15, -0.1) is 0 Å². The average Bonchev–Trinajstić information content (AvgIpc) is 2.63. The highest BCUT2D eigenvalue weighted by atomic mass is 35.5. The minimum absolute atomic E-state index is 0.395. The predicted molar refractivity (Wildman–Crippen MR) is 98.6 cm³/mol. The van der Waals surface area contributed by atoms with E-state index in [1.165, 1.54) is 6.33 Å². The van der Waals surface area contributed by atoms with Gasteiger partial charge in [0.15, 0.2) is 5.82 Å². The molecule has 0 radical (unpaired) electrons. The molecule has 2 aromatic carbocycles. The minimum Gasteiger partial charge on any atom is -0.457 e. The van der Waals surface area contributed by atoms with Crippen LogP contribution in [0.15, 0.2) is 73.1 Å². The van der Waals surface area contributed by atoms with Gasteiger partial charge in [0.2, 0.25) is 0 Å². The summed E-state index contributed by atoms with van der Waals surface area (Å²) in [6.07, 6.45) is 1.49. The molecule has 0 aliphatic heterocycles. The van der Waals surface area contributed by atoms with Gasteiger partial charge in [0.25, 0.3) is 0 Å². The molecule has 0 aliphatic carbocycles. The van der Waals surface area contributed by atoms with E-state index in [4.69, 9.17) is 16.3 Å². The first-order chi connectivity index (χ1) is 12.3. The third kappa shape index (κ3) is 3.51. The Kier molecular flexibility index (Phi) is 4.14. The maximum Gasteiger partial charge on any atom is 0.160 e. The maximum atomic E-state index is 5.99. The van der Waals surface area contributed by atoms with Crippen LogP contribution in [0.3, 0.4) is 0 Å². The number of hydrogen-bond donors (Lipinski definition) is 1. The SMILES string of the molecule is Clc1ccc2ncnc(Nc3cccc(Oc4ccccc4)c3)c2n1. The largest absolute Gasteiger partial charge is 0.457 e. The molecule has 0 atom stereocenters. The lowest BCUT2D eigenvalue weighted by Gasteiger charge is -2.10. The van der Waals surface area contributed by atoms with Gasteiger partial charge in [-0.2, -0.15) is 0 Å². The summed E-state index contributed by atoms with van der Waals surface area (Å²) in [5, 5.41) is 3.64. The van der Waals surface area contributed by atoms with E-state index in [9.17, 15) is 0 Å². The normalized spacial score (nSPS) is 10.6. The number of nitrogens with zero attached hydrogens (tertiary/aromatic N) is 3. The van der Waals surface area contributed by atoms with E-state index in [1.807, 2.05) is 60.7 Å². The Bertz CT molecular complexity index is 1020. The fourth-order valence-corrected chi connectivity index (χ4v) is 2.55. The highest BCUT2D eigenvalue weighted by Gasteiger charge is 2.07. The van der Waals surface area contributed by atoms with E-state index >= 15 is 0 Å². The van der Waals surface area contributed by atoms with Gasteiger partial charge in [0.05, 0.1) is 5.52 Å². The standard InChI is InChI=1S/C19H13ClN4O/c20-17-10-9-16-18(24-17)19(22-12-21-16)23-13-5-4-8-15(11-13)25-14-6-2-1-3-7-14/h1-12H,(H,21,22,23). The summed E-state index contributed by atoms with van der Waals surface area (Å²) in [5.74, 6) is 2.09. The molecular weight excluding hydrogens is 336 g/mol. The Morgan fingerprint density at radius 2 is 1.68 bits per heavy atom. The first-order valence-electron chi connectivity index (χ1n) is 7.65. The number of pyridine rings is 1. The quantitative estimate of drug-likeness (QED) is 0.513. The molecule has 6 heteroatoms. The molecule has 4 rings (SSSR count). The van der Waals surface area contributed by atoms with Crippen LogP contribution in [0.1, 0.15) is 0 Å². The van der Waals surface area contributed by atoms with Crippen LogP contribution in [-0.4, -0.2) is 15.0 Å². The van der Waals surface area contributed by atoms with Crippen molar-refractivity contribution in [1.29, 1.82) is 0 Å². The number of halogens is 1. The van der Waals surface area contributed by atoms with Gasteiger partial charge in [-0.3, -0.25) is 0 Å². The van der Waals surface area contributed by atoms with E-state index in [2.05, 4.69) is 20.3 Å². The number of hydrogen-bond acceptors (Lipinski definition) is 5. The van der Waals surface area contributed by atoms with Gasteiger partial charge in [-0.1, -0.05) is 35.9 Å². The van der Waals surface area contributed by atoms with Crippen LogP contribution >= 0.6 is 11.6 Å². The molecule has 0 saturated carbocycles. The second-order valence-corrected chi connectivity index (χ2v) is 5.68. The summed E-state index contributed by atoms with van der Waals surface area (Å²) in [6, 6.07) is 20.8. The van der Waals surface area contributed by atoms with E-state index in [0.29, 0.717) is 16.5 Å². The molecule has 5 nitrogen and oxygen atoms in total. The second-order valence-electron chi connectivity index (χ2n) is 5.29. The number of aromatic nitrogens is 3. The molecule has 122 valence electrons. The van der Waals surface area contributed by atoms with E-state index in [-0.39, 0.29) is 0 Å². The van der Waals surface area contributed by atoms with E-state index < -0.39 is 0 Å². The lowest BCUT2D eigenvalue weighted by atomic mass is 10.3. The fraction of sp³-hybridized carbons (Fsp3) is 0. The number of benzene rings is 2. The molecule has 2 aromatic heterocycles. The van der Waals surface area contributed by atoms with Crippen LogP contribution < -0.4 is 10.1 Å². The number of fused-ring (bicyclic) bond motifs is 1. The van der Waals surface area contributed by atoms with Crippen molar-refractivity contribution in [2.45, 2.75) is 0 Å². The van der Waals surface area contributed by atoms with Gasteiger partial charge in [-0.05, 0) is 36.4 Å². The number of nitrogens with one attached hydrogen (secondary N) is 1. The minimum atomic E-state index is 0.395. The molecule has 0 bridgehead atoms. The number of anilines is 2. The molecule has 0 amide bonds. The molecule has 0 fully saturated rings. The van der Waals surface area contributed by atoms with Gasteiger partial charge < -0.3 is 10.1 Å². The van der Waals surface area contributed by atoms with Crippen molar-refractivity contribution in [3.05, 3.63) is 78.2 Å². The Hall–Kier alpha value is -3.18. The van der Waals surface area contributed by atoms with Crippen molar-refractivity contribution in [2.24, 2.45) is 0 Å². The number of ether oxygens (including phenoxy) is 1. The predicted octanol–water partition coefficient (Wildman–Crippen LogP) is 5.21. The van der Waals surface area contributed by atoms with Crippen LogP contribution in [0.2, 0.25) is 5.15 Å². The zero-order valence-corrected chi connectivity index (χ0v) is 13.8. The Morgan fingerprint density at radius 3 is 2.56 bits per heavy atom. The molecule has 1 N–H and O–H groups in total. The highest BCUT2D eigenvalue weighted by Crippen LogP contribution is 2.27. The summed E-state index contributed by atoms with van der Waals surface area (Å²) in [4.78, 5) is 12.8. The Labute approximate surface area is 149 Å². The van der Waals surface area contributed by atoms with Gasteiger partial charge in [0, 0.05) is 11.8 Å². The average molecular weight is 349 g/mol. The number of rotatable bonds is 4. The molecule has 2 heterocycles. The van der Waals surface area contributed by atoms with Crippen molar-refractivity contribution in [2.75, 3.05) is 5.32 Å². The van der Waals surface area contributed by atoms with Gasteiger partial charge >= 0.3 is 0 Å². The van der Waals surface area contributed by atoms with Gasteiger partial charge in [-0.25, -0.2) is 15.0 Å².